The number of nitrogens with zero attached hydrogens (tertiary/aromatic N) is 1. The summed E-state index contributed by atoms with van der Waals surface area (Å²) in [5.74, 6) is 0.795. The number of β-amino-alcohol motifs (C(OH)–C–C–N with tert-alkyl or cyclic N) is 1. The van der Waals surface area contributed by atoms with Gasteiger partial charge in [0.2, 0.25) is 10.0 Å². The van der Waals surface area contributed by atoms with Crippen molar-refractivity contribution >= 4 is 10.0 Å². The molecule has 1 aliphatic rings. The Bertz CT molecular complexity index is 894. The van der Waals surface area contributed by atoms with Crippen molar-refractivity contribution in [1.29, 1.82) is 0 Å². The Morgan fingerprint density at radius 2 is 1.83 bits per heavy atom. The zero-order valence-electron chi connectivity index (χ0n) is 17.0. The van der Waals surface area contributed by atoms with Crippen LogP contribution in [0.2, 0.25) is 0 Å². The minimum atomic E-state index is -3.48. The number of ether oxygens (including phenoxy) is 1. The van der Waals surface area contributed by atoms with Gasteiger partial charge in [0.15, 0.2) is 0 Å². The van der Waals surface area contributed by atoms with E-state index in [1.165, 1.54) is 5.56 Å². The van der Waals surface area contributed by atoms with Crippen molar-refractivity contribution in [2.45, 2.75) is 43.7 Å². The standard InChI is InChI=1S/C22H30N2O4S/c1-17-8-9-22(18(2)14-17)28-16-20(25)15-24-12-10-19(11-13-24)23-29(26,27)21-6-4-3-5-7-21/h3-9,14,19-20,23,25H,10-13,15-16H2,1-2H3. The van der Waals surface area contributed by atoms with Crippen molar-refractivity contribution < 1.29 is 18.3 Å². The first-order valence-electron chi connectivity index (χ1n) is 10.0. The summed E-state index contributed by atoms with van der Waals surface area (Å²) in [5.41, 5.74) is 2.24. The van der Waals surface area contributed by atoms with Crippen LogP contribution in [-0.4, -0.2) is 56.8 Å². The summed E-state index contributed by atoms with van der Waals surface area (Å²) in [7, 11) is -3.48. The fourth-order valence-electron chi connectivity index (χ4n) is 3.62. The predicted octanol–water partition coefficient (Wildman–Crippen LogP) is 2.49. The first kappa shape index (κ1) is 21.8. The van der Waals surface area contributed by atoms with Crippen LogP contribution in [-0.2, 0) is 10.0 Å². The molecule has 2 aromatic carbocycles. The Morgan fingerprint density at radius 1 is 1.14 bits per heavy atom. The van der Waals surface area contributed by atoms with E-state index in [1.807, 2.05) is 26.0 Å². The Hall–Kier alpha value is -1.93. The lowest BCUT2D eigenvalue weighted by Crippen LogP contribution is -2.47. The number of rotatable bonds is 8. The third kappa shape index (κ3) is 6.27. The molecule has 0 bridgehead atoms. The number of piperidine rings is 1. The average Bonchev–Trinajstić information content (AvgIpc) is 2.69. The van der Waals surface area contributed by atoms with Gasteiger partial charge in [0.1, 0.15) is 18.5 Å². The minimum Gasteiger partial charge on any atom is -0.491 e. The summed E-state index contributed by atoms with van der Waals surface area (Å²) in [4.78, 5) is 2.45. The maximum atomic E-state index is 12.4. The third-order valence-corrected chi connectivity index (χ3v) is 6.73. The second kappa shape index (κ2) is 9.71. The van der Waals surface area contributed by atoms with Gasteiger partial charge in [-0.3, -0.25) is 0 Å². The molecule has 0 saturated carbocycles. The molecule has 0 aliphatic carbocycles. The van der Waals surface area contributed by atoms with E-state index >= 15 is 0 Å². The van der Waals surface area contributed by atoms with Crippen molar-refractivity contribution in [2.24, 2.45) is 0 Å². The quantitative estimate of drug-likeness (QED) is 0.689. The lowest BCUT2D eigenvalue weighted by Gasteiger charge is -2.33. The molecule has 29 heavy (non-hydrogen) atoms. The highest BCUT2D eigenvalue weighted by molar-refractivity contribution is 7.89. The lowest BCUT2D eigenvalue weighted by atomic mass is 10.1. The summed E-state index contributed by atoms with van der Waals surface area (Å²) in [6.07, 6.45) is 0.848. The molecule has 1 saturated heterocycles. The van der Waals surface area contributed by atoms with Gasteiger partial charge < -0.3 is 14.7 Å². The van der Waals surface area contributed by atoms with E-state index in [2.05, 4.69) is 15.7 Å². The van der Waals surface area contributed by atoms with E-state index in [4.69, 9.17) is 4.74 Å². The van der Waals surface area contributed by atoms with Crippen LogP contribution >= 0.6 is 0 Å². The predicted molar refractivity (Wildman–Crippen MR) is 114 cm³/mol. The first-order chi connectivity index (χ1) is 13.8. The van der Waals surface area contributed by atoms with Gasteiger partial charge in [0.05, 0.1) is 4.90 Å². The van der Waals surface area contributed by atoms with Gasteiger partial charge in [-0.2, -0.15) is 0 Å². The second-order valence-corrected chi connectivity index (χ2v) is 9.46. The van der Waals surface area contributed by atoms with Crippen LogP contribution in [0.15, 0.2) is 53.4 Å². The van der Waals surface area contributed by atoms with Crippen LogP contribution in [0, 0.1) is 13.8 Å². The van der Waals surface area contributed by atoms with E-state index in [-0.39, 0.29) is 12.6 Å². The molecule has 7 heteroatoms. The van der Waals surface area contributed by atoms with Gasteiger partial charge in [0.25, 0.3) is 0 Å². The summed E-state index contributed by atoms with van der Waals surface area (Å²) in [5, 5.41) is 10.3. The minimum absolute atomic E-state index is 0.0833. The van der Waals surface area contributed by atoms with Crippen molar-refractivity contribution in [3.8, 4) is 5.75 Å². The molecule has 2 N–H and O–H groups in total. The molecule has 158 valence electrons. The van der Waals surface area contributed by atoms with Gasteiger partial charge in [-0.25, -0.2) is 13.1 Å². The van der Waals surface area contributed by atoms with Crippen molar-refractivity contribution in [1.82, 2.24) is 9.62 Å². The Balaban J connectivity index is 1.42. The maximum Gasteiger partial charge on any atom is 0.240 e. The molecule has 6 nitrogen and oxygen atoms in total. The van der Waals surface area contributed by atoms with Crippen molar-refractivity contribution in [3.05, 3.63) is 59.7 Å². The smallest absolute Gasteiger partial charge is 0.240 e. The van der Waals surface area contributed by atoms with Gasteiger partial charge in [-0.05, 0) is 63.5 Å². The molecule has 0 spiro atoms. The van der Waals surface area contributed by atoms with E-state index in [0.717, 1.165) is 37.2 Å². The second-order valence-electron chi connectivity index (χ2n) is 7.74. The normalized spacial score (nSPS) is 17.2. The van der Waals surface area contributed by atoms with Gasteiger partial charge in [-0.15, -0.1) is 0 Å². The van der Waals surface area contributed by atoms with Crippen molar-refractivity contribution in [2.75, 3.05) is 26.2 Å². The molecular formula is C22H30N2O4S. The Labute approximate surface area is 173 Å². The fourth-order valence-corrected chi connectivity index (χ4v) is 4.94. The molecule has 0 amide bonds. The van der Waals surface area contributed by atoms with Crippen LogP contribution in [0.25, 0.3) is 0 Å². The molecule has 0 radical (unpaired) electrons. The Kier molecular flexibility index (Phi) is 7.29. The van der Waals surface area contributed by atoms with Crippen LogP contribution in [0.4, 0.5) is 0 Å². The molecule has 1 heterocycles. The largest absolute Gasteiger partial charge is 0.491 e. The van der Waals surface area contributed by atoms with E-state index in [0.29, 0.717) is 11.4 Å². The summed E-state index contributed by atoms with van der Waals surface area (Å²) in [6, 6.07) is 14.3. The number of hydrogen-bond donors (Lipinski definition) is 2. The number of nitrogens with one attached hydrogen (secondary N) is 1. The lowest BCUT2D eigenvalue weighted by molar-refractivity contribution is 0.0588. The molecule has 1 aliphatic heterocycles. The summed E-state index contributed by atoms with van der Waals surface area (Å²) < 4.78 is 33.5. The Morgan fingerprint density at radius 3 is 2.48 bits per heavy atom. The number of likely N-dealkylation sites (tertiary alicyclic amines) is 1. The van der Waals surface area contributed by atoms with E-state index < -0.39 is 16.1 Å². The van der Waals surface area contributed by atoms with Crippen LogP contribution < -0.4 is 9.46 Å². The van der Waals surface area contributed by atoms with E-state index in [9.17, 15) is 13.5 Å². The fraction of sp³-hybridized carbons (Fsp3) is 0.455. The number of hydrogen-bond acceptors (Lipinski definition) is 5. The number of aliphatic hydroxyl groups excluding tert-OH is 1. The van der Waals surface area contributed by atoms with Crippen LogP contribution in [0.3, 0.4) is 0 Å². The summed E-state index contributed by atoms with van der Waals surface area (Å²) >= 11 is 0. The molecule has 3 rings (SSSR count). The van der Waals surface area contributed by atoms with Gasteiger partial charge >= 0.3 is 0 Å². The number of benzene rings is 2. The van der Waals surface area contributed by atoms with Crippen LogP contribution in [0.1, 0.15) is 24.0 Å². The van der Waals surface area contributed by atoms with Gasteiger partial charge in [-0.1, -0.05) is 35.9 Å². The summed E-state index contributed by atoms with van der Waals surface area (Å²) in [6.45, 7) is 6.27. The molecule has 1 fully saturated rings. The number of sulfonamides is 1. The number of aliphatic hydroxyl groups is 1. The molecular weight excluding hydrogens is 388 g/mol. The topological polar surface area (TPSA) is 78.9 Å². The number of aryl methyl sites for hydroxylation is 2. The highest BCUT2D eigenvalue weighted by Crippen LogP contribution is 2.19. The SMILES string of the molecule is Cc1ccc(OCC(O)CN2CCC(NS(=O)(=O)c3ccccc3)CC2)c(C)c1. The van der Waals surface area contributed by atoms with Crippen molar-refractivity contribution in [3.63, 3.8) is 0 Å². The van der Waals surface area contributed by atoms with Gasteiger partial charge in [0, 0.05) is 12.6 Å². The molecule has 0 aromatic heterocycles. The zero-order valence-corrected chi connectivity index (χ0v) is 17.9. The molecule has 1 unspecified atom stereocenters. The molecule has 1 atom stereocenters. The molecule has 2 aromatic rings. The maximum absolute atomic E-state index is 12.4. The monoisotopic (exact) mass is 418 g/mol. The van der Waals surface area contributed by atoms with E-state index in [1.54, 1.807) is 30.3 Å². The highest BCUT2D eigenvalue weighted by Gasteiger charge is 2.25. The third-order valence-electron chi connectivity index (χ3n) is 5.19. The zero-order chi connectivity index (χ0) is 20.9. The highest BCUT2D eigenvalue weighted by atomic mass is 32.2. The van der Waals surface area contributed by atoms with Crippen LogP contribution in [0.5, 0.6) is 5.75 Å². The first-order valence-corrected chi connectivity index (χ1v) is 11.5. The average molecular weight is 419 g/mol.